The fourth-order valence-electron chi connectivity index (χ4n) is 1.98. The second kappa shape index (κ2) is 7.74. The number of hydrogen-bond donors (Lipinski definition) is 1. The monoisotopic (exact) mass is 327 g/mol. The summed E-state index contributed by atoms with van der Waals surface area (Å²) in [4.78, 5) is 0. The Morgan fingerprint density at radius 1 is 1.29 bits per heavy atom. The molecule has 0 atom stereocenters. The number of benzene rings is 1. The third-order valence-corrected chi connectivity index (χ3v) is 3.90. The molecule has 0 aliphatic rings. The zero-order chi connectivity index (χ0) is 15.2. The molecule has 5 heteroatoms. The largest absolute Gasteiger partial charge is 0.484 e. The number of aryl methyl sites for hydroxylation is 1. The van der Waals surface area contributed by atoms with Crippen LogP contribution in [0.5, 0.6) is 5.75 Å². The summed E-state index contributed by atoms with van der Waals surface area (Å²) in [5.74, 6) is 2.25. The molecule has 1 aromatic heterocycles. The van der Waals surface area contributed by atoms with Gasteiger partial charge >= 0.3 is 0 Å². The minimum Gasteiger partial charge on any atom is -0.484 e. The summed E-state index contributed by atoms with van der Waals surface area (Å²) in [6.07, 6.45) is 1.11. The molecule has 0 fully saturated rings. The molecule has 0 radical (unpaired) electrons. The molecule has 1 N–H and O–H groups in total. The molecule has 21 heavy (non-hydrogen) atoms. The zero-order valence-corrected chi connectivity index (χ0v) is 13.7. The molecule has 0 saturated carbocycles. The van der Waals surface area contributed by atoms with Crippen molar-refractivity contribution in [3.05, 3.63) is 51.4 Å². The van der Waals surface area contributed by atoms with E-state index >= 15 is 0 Å². The van der Waals surface area contributed by atoms with Crippen LogP contribution >= 0.6 is 23.2 Å². The molecule has 2 aromatic rings. The van der Waals surface area contributed by atoms with Gasteiger partial charge in [0.1, 0.15) is 28.9 Å². The van der Waals surface area contributed by atoms with Crippen molar-refractivity contribution in [2.24, 2.45) is 0 Å². The highest BCUT2D eigenvalue weighted by atomic mass is 35.5. The van der Waals surface area contributed by atoms with Crippen LogP contribution in [0.2, 0.25) is 10.0 Å². The van der Waals surface area contributed by atoms with E-state index in [4.69, 9.17) is 32.4 Å². The van der Waals surface area contributed by atoms with Crippen LogP contribution in [0, 0.1) is 6.92 Å². The van der Waals surface area contributed by atoms with Gasteiger partial charge in [0, 0.05) is 12.1 Å². The summed E-state index contributed by atoms with van der Waals surface area (Å²) in [7, 11) is 0. The lowest BCUT2D eigenvalue weighted by atomic mass is 10.2. The van der Waals surface area contributed by atoms with Gasteiger partial charge in [-0.2, -0.15) is 0 Å². The average Bonchev–Trinajstić information content (AvgIpc) is 2.81. The lowest BCUT2D eigenvalue weighted by Gasteiger charge is -2.06. The molecule has 1 heterocycles. The molecule has 3 nitrogen and oxygen atoms in total. The van der Waals surface area contributed by atoms with E-state index in [1.54, 1.807) is 18.2 Å². The zero-order valence-electron chi connectivity index (χ0n) is 12.2. The number of halogens is 2. The van der Waals surface area contributed by atoms with Crippen LogP contribution in [0.25, 0.3) is 0 Å². The maximum absolute atomic E-state index is 6.08. The summed E-state index contributed by atoms with van der Waals surface area (Å²) >= 11 is 12.0. The third-order valence-electron chi connectivity index (χ3n) is 3.10. The van der Waals surface area contributed by atoms with E-state index in [1.807, 2.05) is 13.0 Å². The molecule has 0 saturated heterocycles. The second-order valence-corrected chi connectivity index (χ2v) is 5.60. The lowest BCUT2D eigenvalue weighted by Crippen LogP contribution is -2.13. The van der Waals surface area contributed by atoms with Gasteiger partial charge in [-0.1, -0.05) is 36.2 Å². The van der Waals surface area contributed by atoms with Gasteiger partial charge in [0.15, 0.2) is 0 Å². The van der Waals surface area contributed by atoms with Crippen LogP contribution in [0.15, 0.2) is 28.7 Å². The molecule has 0 aliphatic heterocycles. The summed E-state index contributed by atoms with van der Waals surface area (Å²) in [6, 6.07) is 7.33. The first-order valence-electron chi connectivity index (χ1n) is 6.97. The SMILES string of the molecule is CCCNCc1cc(COc2cccc(Cl)c2Cl)oc1C. The Labute approximate surface area is 135 Å². The van der Waals surface area contributed by atoms with Gasteiger partial charge in [-0.05, 0) is 38.1 Å². The Kier molecular flexibility index (Phi) is 5.97. The fourth-order valence-corrected chi connectivity index (χ4v) is 2.32. The first kappa shape index (κ1) is 16.2. The molecular formula is C16H19Cl2NO2. The van der Waals surface area contributed by atoms with Crippen molar-refractivity contribution < 1.29 is 9.15 Å². The van der Waals surface area contributed by atoms with Crippen LogP contribution in [0.1, 0.15) is 30.4 Å². The quantitative estimate of drug-likeness (QED) is 0.729. The Morgan fingerprint density at radius 2 is 2.10 bits per heavy atom. The van der Waals surface area contributed by atoms with E-state index in [0.717, 1.165) is 36.6 Å². The normalized spacial score (nSPS) is 10.9. The topological polar surface area (TPSA) is 34.4 Å². The van der Waals surface area contributed by atoms with Crippen LogP contribution in [0.3, 0.4) is 0 Å². The minimum atomic E-state index is 0.328. The Hall–Kier alpha value is -1.16. The van der Waals surface area contributed by atoms with E-state index in [-0.39, 0.29) is 0 Å². The third kappa shape index (κ3) is 4.40. The molecule has 1 aromatic carbocycles. The summed E-state index contributed by atoms with van der Waals surface area (Å²) in [5, 5.41) is 4.26. The van der Waals surface area contributed by atoms with Crippen LogP contribution in [-0.4, -0.2) is 6.54 Å². The predicted octanol–water partition coefficient (Wildman–Crippen LogP) is 4.97. The molecular weight excluding hydrogens is 309 g/mol. The lowest BCUT2D eigenvalue weighted by molar-refractivity contribution is 0.267. The highest BCUT2D eigenvalue weighted by molar-refractivity contribution is 6.42. The molecule has 0 spiro atoms. The average molecular weight is 328 g/mol. The van der Waals surface area contributed by atoms with Crippen LogP contribution in [0.4, 0.5) is 0 Å². The van der Waals surface area contributed by atoms with Gasteiger partial charge in [-0.3, -0.25) is 0 Å². The number of nitrogens with one attached hydrogen (secondary N) is 1. The van der Waals surface area contributed by atoms with E-state index in [0.29, 0.717) is 22.4 Å². The second-order valence-electron chi connectivity index (χ2n) is 4.81. The van der Waals surface area contributed by atoms with Crippen molar-refractivity contribution in [3.63, 3.8) is 0 Å². The number of ether oxygens (including phenoxy) is 1. The van der Waals surface area contributed by atoms with Gasteiger partial charge in [0.2, 0.25) is 0 Å². The van der Waals surface area contributed by atoms with E-state index < -0.39 is 0 Å². The van der Waals surface area contributed by atoms with Gasteiger partial charge in [-0.15, -0.1) is 0 Å². The molecule has 0 amide bonds. The van der Waals surface area contributed by atoms with E-state index in [1.165, 1.54) is 0 Å². The van der Waals surface area contributed by atoms with Crippen molar-refractivity contribution in [1.29, 1.82) is 0 Å². The maximum Gasteiger partial charge on any atom is 0.146 e. The Bertz CT molecular complexity index is 596. The highest BCUT2D eigenvalue weighted by Gasteiger charge is 2.10. The van der Waals surface area contributed by atoms with Gasteiger partial charge < -0.3 is 14.5 Å². The molecule has 2 rings (SSSR count). The number of rotatable bonds is 7. The Balaban J connectivity index is 1.97. The van der Waals surface area contributed by atoms with Crippen LogP contribution in [-0.2, 0) is 13.2 Å². The van der Waals surface area contributed by atoms with Crippen molar-refractivity contribution in [3.8, 4) is 5.75 Å². The molecule has 114 valence electrons. The molecule has 0 aliphatic carbocycles. The van der Waals surface area contributed by atoms with Crippen molar-refractivity contribution in [2.75, 3.05) is 6.54 Å². The predicted molar refractivity (Wildman–Crippen MR) is 86.2 cm³/mol. The molecule has 0 unspecified atom stereocenters. The smallest absolute Gasteiger partial charge is 0.146 e. The van der Waals surface area contributed by atoms with E-state index in [9.17, 15) is 0 Å². The first-order valence-corrected chi connectivity index (χ1v) is 7.73. The highest BCUT2D eigenvalue weighted by Crippen LogP contribution is 2.32. The van der Waals surface area contributed by atoms with Gasteiger partial charge in [0.25, 0.3) is 0 Å². The molecule has 0 bridgehead atoms. The summed E-state index contributed by atoms with van der Waals surface area (Å²) in [6.45, 7) is 6.23. The van der Waals surface area contributed by atoms with Gasteiger partial charge in [0.05, 0.1) is 5.02 Å². The van der Waals surface area contributed by atoms with Crippen molar-refractivity contribution >= 4 is 23.2 Å². The summed E-state index contributed by atoms with van der Waals surface area (Å²) in [5.41, 5.74) is 1.15. The fraction of sp³-hybridized carbons (Fsp3) is 0.375. The van der Waals surface area contributed by atoms with E-state index in [2.05, 4.69) is 12.2 Å². The summed E-state index contributed by atoms with van der Waals surface area (Å²) < 4.78 is 11.4. The van der Waals surface area contributed by atoms with Crippen molar-refractivity contribution in [1.82, 2.24) is 5.32 Å². The maximum atomic E-state index is 6.08. The van der Waals surface area contributed by atoms with Crippen molar-refractivity contribution in [2.45, 2.75) is 33.4 Å². The Morgan fingerprint density at radius 3 is 2.86 bits per heavy atom. The number of furan rings is 1. The standard InChI is InChI=1S/C16H19Cl2NO2/c1-3-7-19-9-12-8-13(21-11(12)2)10-20-15-6-4-5-14(17)16(15)18/h4-6,8,19H,3,7,9-10H2,1-2H3. The van der Waals surface area contributed by atoms with Gasteiger partial charge in [-0.25, -0.2) is 0 Å². The minimum absolute atomic E-state index is 0.328. The van der Waals surface area contributed by atoms with Crippen LogP contribution < -0.4 is 10.1 Å². The first-order chi connectivity index (χ1) is 10.1. The number of hydrogen-bond acceptors (Lipinski definition) is 3.